The van der Waals surface area contributed by atoms with Crippen LogP contribution in [0, 0.1) is 12.8 Å². The van der Waals surface area contributed by atoms with Crippen LogP contribution in [-0.2, 0) is 0 Å². The van der Waals surface area contributed by atoms with Crippen molar-refractivity contribution in [2.45, 2.75) is 32.9 Å². The Hall–Kier alpha value is -0.380. The Bertz CT molecular complexity index is 338. The number of aliphatic hydroxyl groups is 1. The molecule has 15 heavy (non-hydrogen) atoms. The topological polar surface area (TPSA) is 46.2 Å². The van der Waals surface area contributed by atoms with Crippen LogP contribution in [0.5, 0.6) is 0 Å². The molecule has 2 nitrogen and oxygen atoms in total. The second-order valence-electron chi connectivity index (χ2n) is 4.27. The third kappa shape index (κ3) is 3.03. The number of benzene rings is 1. The summed E-state index contributed by atoms with van der Waals surface area (Å²) in [5.74, 6) is 0.264. The fraction of sp³-hybridized carbons (Fsp3) is 0.500. The first-order valence-electron chi connectivity index (χ1n) is 5.13. The molecule has 0 heterocycles. The van der Waals surface area contributed by atoms with Gasteiger partial charge in [-0.25, -0.2) is 0 Å². The van der Waals surface area contributed by atoms with E-state index in [1.165, 1.54) is 0 Å². The predicted octanol–water partition coefficient (Wildman–Crippen LogP) is 2.77. The van der Waals surface area contributed by atoms with Crippen molar-refractivity contribution in [1.29, 1.82) is 0 Å². The molecule has 0 aromatic heterocycles. The van der Waals surface area contributed by atoms with E-state index >= 15 is 0 Å². The van der Waals surface area contributed by atoms with E-state index < -0.39 is 6.10 Å². The lowest BCUT2D eigenvalue weighted by Gasteiger charge is -2.22. The molecule has 84 valence electrons. The maximum atomic E-state index is 10.0. The van der Waals surface area contributed by atoms with Gasteiger partial charge in [-0.05, 0) is 30.0 Å². The van der Waals surface area contributed by atoms with Gasteiger partial charge in [-0.2, -0.15) is 0 Å². The van der Waals surface area contributed by atoms with Gasteiger partial charge < -0.3 is 10.8 Å². The van der Waals surface area contributed by atoms with Gasteiger partial charge in [0.25, 0.3) is 0 Å². The van der Waals surface area contributed by atoms with Crippen LogP contribution >= 0.6 is 15.9 Å². The second-order valence-corrected chi connectivity index (χ2v) is 5.13. The van der Waals surface area contributed by atoms with Crippen molar-refractivity contribution >= 4 is 15.9 Å². The summed E-state index contributed by atoms with van der Waals surface area (Å²) in [7, 11) is 0. The van der Waals surface area contributed by atoms with Crippen LogP contribution < -0.4 is 5.73 Å². The Morgan fingerprint density at radius 1 is 1.33 bits per heavy atom. The summed E-state index contributed by atoms with van der Waals surface area (Å²) in [5, 5.41) is 10.0. The molecule has 2 unspecified atom stereocenters. The average molecular weight is 272 g/mol. The largest absolute Gasteiger partial charge is 0.387 e. The molecule has 0 saturated heterocycles. The molecule has 0 saturated carbocycles. The summed E-state index contributed by atoms with van der Waals surface area (Å²) in [4.78, 5) is 0. The van der Waals surface area contributed by atoms with Gasteiger partial charge in [0.05, 0.1) is 6.10 Å². The number of aryl methyl sites for hydroxylation is 1. The highest BCUT2D eigenvalue weighted by Gasteiger charge is 2.20. The molecule has 1 rings (SSSR count). The van der Waals surface area contributed by atoms with Gasteiger partial charge in [-0.1, -0.05) is 41.9 Å². The lowest BCUT2D eigenvalue weighted by molar-refractivity contribution is 0.125. The van der Waals surface area contributed by atoms with Gasteiger partial charge in [-0.15, -0.1) is 0 Å². The summed E-state index contributed by atoms with van der Waals surface area (Å²) >= 11 is 3.45. The molecule has 0 bridgehead atoms. The summed E-state index contributed by atoms with van der Waals surface area (Å²) in [6.07, 6.45) is -0.595. The van der Waals surface area contributed by atoms with Crippen LogP contribution in [0.25, 0.3) is 0 Å². The van der Waals surface area contributed by atoms with Crippen molar-refractivity contribution in [3.63, 3.8) is 0 Å². The molecule has 0 amide bonds. The van der Waals surface area contributed by atoms with E-state index in [0.717, 1.165) is 15.6 Å². The third-order valence-electron chi connectivity index (χ3n) is 2.67. The van der Waals surface area contributed by atoms with E-state index in [-0.39, 0.29) is 12.0 Å². The van der Waals surface area contributed by atoms with Crippen molar-refractivity contribution in [3.8, 4) is 0 Å². The van der Waals surface area contributed by atoms with E-state index in [0.29, 0.717) is 0 Å². The minimum absolute atomic E-state index is 0.223. The van der Waals surface area contributed by atoms with Crippen LogP contribution in [0.4, 0.5) is 0 Å². The Kier molecular flexibility index (Phi) is 4.32. The van der Waals surface area contributed by atoms with Crippen LogP contribution in [-0.4, -0.2) is 11.1 Å². The summed E-state index contributed by atoms with van der Waals surface area (Å²) in [6.45, 7) is 6.04. The molecule has 0 aliphatic rings. The van der Waals surface area contributed by atoms with Crippen LogP contribution in [0.15, 0.2) is 22.7 Å². The van der Waals surface area contributed by atoms with Crippen LogP contribution in [0.1, 0.15) is 31.1 Å². The van der Waals surface area contributed by atoms with Gasteiger partial charge >= 0.3 is 0 Å². The smallest absolute Gasteiger partial charge is 0.0943 e. The zero-order chi connectivity index (χ0) is 11.6. The molecular weight excluding hydrogens is 254 g/mol. The highest BCUT2D eigenvalue weighted by molar-refractivity contribution is 9.10. The minimum atomic E-state index is -0.595. The summed E-state index contributed by atoms with van der Waals surface area (Å²) in [6, 6.07) is 5.62. The number of hydrogen-bond donors (Lipinski definition) is 2. The van der Waals surface area contributed by atoms with E-state index in [4.69, 9.17) is 5.73 Å². The predicted molar refractivity (Wildman–Crippen MR) is 66.7 cm³/mol. The Labute approximate surface area is 99.6 Å². The molecule has 0 fully saturated rings. The number of nitrogens with two attached hydrogens (primary N) is 1. The lowest BCUT2D eigenvalue weighted by Crippen LogP contribution is -2.33. The third-order valence-corrected chi connectivity index (χ3v) is 3.53. The molecule has 0 aliphatic carbocycles. The standard InChI is InChI=1S/C12H18BrNO/c1-7(2)11(14)12(15)9-5-4-8(3)10(13)6-9/h4-7,11-12,15H,14H2,1-3H3. The maximum absolute atomic E-state index is 10.0. The van der Waals surface area contributed by atoms with Crippen molar-refractivity contribution in [2.24, 2.45) is 11.7 Å². The molecule has 0 radical (unpaired) electrons. The fourth-order valence-electron chi connectivity index (χ4n) is 1.38. The molecule has 3 N–H and O–H groups in total. The van der Waals surface area contributed by atoms with Gasteiger partial charge in [0.2, 0.25) is 0 Å². The van der Waals surface area contributed by atoms with Crippen molar-refractivity contribution in [1.82, 2.24) is 0 Å². The first-order chi connectivity index (χ1) is 6.93. The molecule has 3 heteroatoms. The molecule has 0 spiro atoms. The molecular formula is C12H18BrNO. The average Bonchev–Trinajstić information content (AvgIpc) is 2.19. The summed E-state index contributed by atoms with van der Waals surface area (Å²) < 4.78 is 1.01. The monoisotopic (exact) mass is 271 g/mol. The van der Waals surface area contributed by atoms with E-state index in [1.54, 1.807) is 0 Å². The maximum Gasteiger partial charge on any atom is 0.0943 e. The Morgan fingerprint density at radius 3 is 2.40 bits per heavy atom. The highest BCUT2D eigenvalue weighted by Crippen LogP contribution is 2.25. The SMILES string of the molecule is Cc1ccc(C(O)C(N)C(C)C)cc1Br. The van der Waals surface area contributed by atoms with E-state index in [9.17, 15) is 5.11 Å². The number of aliphatic hydroxyl groups excluding tert-OH is 1. The summed E-state index contributed by atoms with van der Waals surface area (Å²) in [5.41, 5.74) is 7.94. The van der Waals surface area contributed by atoms with Gasteiger partial charge in [-0.3, -0.25) is 0 Å². The van der Waals surface area contributed by atoms with Crippen molar-refractivity contribution < 1.29 is 5.11 Å². The number of halogens is 1. The second kappa shape index (κ2) is 5.10. The molecule has 0 aliphatic heterocycles. The molecule has 1 aromatic rings. The Morgan fingerprint density at radius 2 is 1.93 bits per heavy atom. The quantitative estimate of drug-likeness (QED) is 0.888. The first-order valence-corrected chi connectivity index (χ1v) is 5.92. The lowest BCUT2D eigenvalue weighted by atomic mass is 9.94. The normalized spacial score (nSPS) is 15.4. The van der Waals surface area contributed by atoms with E-state index in [2.05, 4.69) is 15.9 Å². The fourth-order valence-corrected chi connectivity index (χ4v) is 1.78. The van der Waals surface area contributed by atoms with E-state index in [1.807, 2.05) is 39.0 Å². The molecule has 1 aromatic carbocycles. The van der Waals surface area contributed by atoms with Crippen molar-refractivity contribution in [2.75, 3.05) is 0 Å². The number of rotatable bonds is 3. The minimum Gasteiger partial charge on any atom is -0.387 e. The zero-order valence-electron chi connectivity index (χ0n) is 9.37. The zero-order valence-corrected chi connectivity index (χ0v) is 11.0. The van der Waals surface area contributed by atoms with Gasteiger partial charge in [0, 0.05) is 10.5 Å². The van der Waals surface area contributed by atoms with Gasteiger partial charge in [0.15, 0.2) is 0 Å². The van der Waals surface area contributed by atoms with Crippen LogP contribution in [0.3, 0.4) is 0 Å². The van der Waals surface area contributed by atoms with Crippen LogP contribution in [0.2, 0.25) is 0 Å². The Balaban J connectivity index is 2.91. The highest BCUT2D eigenvalue weighted by atomic mass is 79.9. The number of hydrogen-bond acceptors (Lipinski definition) is 2. The first kappa shape index (κ1) is 12.7. The van der Waals surface area contributed by atoms with Crippen molar-refractivity contribution in [3.05, 3.63) is 33.8 Å². The van der Waals surface area contributed by atoms with Gasteiger partial charge in [0.1, 0.15) is 0 Å². The molecule has 2 atom stereocenters.